The fourth-order valence-corrected chi connectivity index (χ4v) is 4.70. The molecule has 124 valence electrons. The zero-order valence-electron chi connectivity index (χ0n) is 13.3. The molecular weight excluding hydrogens is 290 g/mol. The van der Waals surface area contributed by atoms with Crippen molar-refractivity contribution in [2.75, 3.05) is 46.4 Å². The molecule has 2 heterocycles. The highest BCUT2D eigenvalue weighted by Crippen LogP contribution is 2.21. The Morgan fingerprint density at radius 3 is 2.57 bits per heavy atom. The van der Waals surface area contributed by atoms with Crippen LogP contribution in [0.2, 0.25) is 0 Å². The summed E-state index contributed by atoms with van der Waals surface area (Å²) in [6, 6.07) is 0.278. The van der Waals surface area contributed by atoms with Gasteiger partial charge in [0.2, 0.25) is 0 Å². The molecule has 2 aliphatic rings. The highest BCUT2D eigenvalue weighted by atomic mass is 32.2. The van der Waals surface area contributed by atoms with Crippen molar-refractivity contribution in [3.63, 3.8) is 0 Å². The highest BCUT2D eigenvalue weighted by Gasteiger charge is 2.33. The summed E-state index contributed by atoms with van der Waals surface area (Å²) >= 11 is 0. The van der Waals surface area contributed by atoms with Crippen LogP contribution in [-0.2, 0) is 14.9 Å². The van der Waals surface area contributed by atoms with Gasteiger partial charge in [0.1, 0.15) is 0 Å². The normalized spacial score (nSPS) is 25.8. The Morgan fingerprint density at radius 1 is 1.29 bits per heavy atom. The van der Waals surface area contributed by atoms with Gasteiger partial charge in [-0.25, -0.2) is 0 Å². The number of hydrogen-bond acceptors (Lipinski definition) is 4. The van der Waals surface area contributed by atoms with E-state index >= 15 is 0 Å². The summed E-state index contributed by atoms with van der Waals surface area (Å²) in [5.74, 6) is 0.625. The van der Waals surface area contributed by atoms with Crippen LogP contribution in [0.4, 0.5) is 0 Å². The van der Waals surface area contributed by atoms with E-state index in [0.29, 0.717) is 38.7 Å². The van der Waals surface area contributed by atoms with Gasteiger partial charge in [-0.1, -0.05) is 6.92 Å². The zero-order chi connectivity index (χ0) is 15.3. The number of ether oxygens (including phenoxy) is 1. The van der Waals surface area contributed by atoms with E-state index in [9.17, 15) is 8.42 Å². The van der Waals surface area contributed by atoms with Crippen LogP contribution in [0.5, 0.6) is 0 Å². The van der Waals surface area contributed by atoms with E-state index in [0.717, 1.165) is 32.2 Å². The van der Waals surface area contributed by atoms with Crippen molar-refractivity contribution in [3.05, 3.63) is 0 Å². The van der Waals surface area contributed by atoms with E-state index in [1.165, 1.54) is 0 Å². The molecule has 2 rings (SSSR count). The number of methoxy groups -OCH3 is 1. The van der Waals surface area contributed by atoms with Gasteiger partial charge < -0.3 is 10.1 Å². The molecule has 21 heavy (non-hydrogen) atoms. The first-order valence-corrected chi connectivity index (χ1v) is 9.41. The summed E-state index contributed by atoms with van der Waals surface area (Å²) in [7, 11) is -1.75. The van der Waals surface area contributed by atoms with Gasteiger partial charge in [0, 0.05) is 39.3 Å². The lowest BCUT2D eigenvalue weighted by Crippen LogP contribution is -2.51. The van der Waals surface area contributed by atoms with Crippen LogP contribution < -0.4 is 5.32 Å². The Morgan fingerprint density at radius 2 is 2.00 bits per heavy atom. The van der Waals surface area contributed by atoms with Crippen LogP contribution in [-0.4, -0.2) is 69.5 Å². The highest BCUT2D eigenvalue weighted by molar-refractivity contribution is 7.86. The molecule has 0 radical (unpaired) electrons. The van der Waals surface area contributed by atoms with Crippen LogP contribution in [0.3, 0.4) is 0 Å². The van der Waals surface area contributed by atoms with Crippen molar-refractivity contribution < 1.29 is 13.2 Å². The SMILES string of the molecule is COCCN(CC1CCCN1)S(=O)(=O)N1CCC(C)CC1. The first kappa shape index (κ1) is 17.1. The summed E-state index contributed by atoms with van der Waals surface area (Å²) in [6.45, 7) is 5.90. The standard InChI is InChI=1S/C14H29N3O3S/c1-13-5-8-16(9-6-13)21(18,19)17(10-11-20-2)12-14-4-3-7-15-14/h13-15H,3-12H2,1-2H3. The van der Waals surface area contributed by atoms with Crippen molar-refractivity contribution in [1.82, 2.24) is 13.9 Å². The lowest BCUT2D eigenvalue weighted by atomic mass is 10.0. The molecule has 6 nitrogen and oxygen atoms in total. The summed E-state index contributed by atoms with van der Waals surface area (Å²) in [5.41, 5.74) is 0. The maximum atomic E-state index is 12.9. The van der Waals surface area contributed by atoms with Gasteiger partial charge in [0.25, 0.3) is 10.2 Å². The number of piperidine rings is 1. The van der Waals surface area contributed by atoms with Gasteiger partial charge in [-0.3, -0.25) is 0 Å². The first-order chi connectivity index (χ1) is 10.0. The van der Waals surface area contributed by atoms with Gasteiger partial charge in [-0.2, -0.15) is 17.0 Å². The smallest absolute Gasteiger partial charge is 0.282 e. The molecule has 0 aromatic rings. The molecule has 2 aliphatic heterocycles. The minimum Gasteiger partial charge on any atom is -0.383 e. The molecule has 0 aromatic heterocycles. The number of nitrogens with one attached hydrogen (secondary N) is 1. The van der Waals surface area contributed by atoms with Crippen molar-refractivity contribution >= 4 is 10.2 Å². The Balaban J connectivity index is 2.01. The van der Waals surface area contributed by atoms with Crippen LogP contribution in [0, 0.1) is 5.92 Å². The van der Waals surface area contributed by atoms with Crippen molar-refractivity contribution in [3.8, 4) is 0 Å². The molecule has 0 bridgehead atoms. The lowest BCUT2D eigenvalue weighted by molar-refractivity contribution is 0.170. The molecule has 7 heteroatoms. The third-order valence-corrected chi connectivity index (χ3v) is 6.53. The summed E-state index contributed by atoms with van der Waals surface area (Å²) in [6.07, 6.45) is 4.10. The summed E-state index contributed by atoms with van der Waals surface area (Å²) in [5, 5.41) is 3.38. The average molecular weight is 319 g/mol. The van der Waals surface area contributed by atoms with Crippen molar-refractivity contribution in [1.29, 1.82) is 0 Å². The molecule has 2 saturated heterocycles. The van der Waals surface area contributed by atoms with E-state index in [1.54, 1.807) is 15.7 Å². The second-order valence-electron chi connectivity index (χ2n) is 6.23. The molecule has 0 aliphatic carbocycles. The predicted octanol–water partition coefficient (Wildman–Crippen LogP) is 0.664. The Kier molecular flexibility index (Phi) is 6.43. The van der Waals surface area contributed by atoms with E-state index in [1.807, 2.05) is 0 Å². The van der Waals surface area contributed by atoms with Crippen LogP contribution in [0.1, 0.15) is 32.6 Å². The third-order valence-electron chi connectivity index (χ3n) is 4.53. The third kappa shape index (κ3) is 4.63. The first-order valence-electron chi connectivity index (χ1n) is 8.01. The Hall–Kier alpha value is -0.210. The minimum absolute atomic E-state index is 0.278. The predicted molar refractivity (Wildman–Crippen MR) is 83.4 cm³/mol. The Labute approximate surface area is 129 Å². The van der Waals surface area contributed by atoms with E-state index in [4.69, 9.17) is 4.74 Å². The molecule has 2 fully saturated rings. The molecule has 0 amide bonds. The van der Waals surface area contributed by atoms with Crippen LogP contribution >= 0.6 is 0 Å². The van der Waals surface area contributed by atoms with Gasteiger partial charge in [0.15, 0.2) is 0 Å². The molecule has 1 unspecified atom stereocenters. The zero-order valence-corrected chi connectivity index (χ0v) is 14.1. The maximum Gasteiger partial charge on any atom is 0.282 e. The molecule has 0 aromatic carbocycles. The van der Waals surface area contributed by atoms with Crippen molar-refractivity contribution in [2.24, 2.45) is 5.92 Å². The lowest BCUT2D eigenvalue weighted by Gasteiger charge is -2.34. The fourth-order valence-electron chi connectivity index (χ4n) is 3.03. The largest absolute Gasteiger partial charge is 0.383 e. The minimum atomic E-state index is -3.36. The number of nitrogens with zero attached hydrogens (tertiary/aromatic N) is 2. The second-order valence-corrected chi connectivity index (χ2v) is 8.16. The van der Waals surface area contributed by atoms with E-state index in [2.05, 4.69) is 12.2 Å². The Bertz CT molecular complexity index is 402. The summed E-state index contributed by atoms with van der Waals surface area (Å²) < 4.78 is 34.1. The topological polar surface area (TPSA) is 61.9 Å². The average Bonchev–Trinajstić information content (AvgIpc) is 2.96. The van der Waals surface area contributed by atoms with Crippen LogP contribution in [0.25, 0.3) is 0 Å². The van der Waals surface area contributed by atoms with E-state index < -0.39 is 10.2 Å². The van der Waals surface area contributed by atoms with Gasteiger partial charge in [0.05, 0.1) is 6.61 Å². The molecule has 0 spiro atoms. The molecule has 1 atom stereocenters. The second kappa shape index (κ2) is 7.87. The van der Waals surface area contributed by atoms with Crippen molar-refractivity contribution in [2.45, 2.75) is 38.6 Å². The maximum absolute atomic E-state index is 12.9. The molecule has 1 N–H and O–H groups in total. The van der Waals surface area contributed by atoms with Crippen LogP contribution in [0.15, 0.2) is 0 Å². The summed E-state index contributed by atoms with van der Waals surface area (Å²) in [4.78, 5) is 0. The molecule has 0 saturated carbocycles. The monoisotopic (exact) mass is 319 g/mol. The number of rotatable bonds is 7. The van der Waals surface area contributed by atoms with Gasteiger partial charge in [-0.15, -0.1) is 0 Å². The fraction of sp³-hybridized carbons (Fsp3) is 1.00. The van der Waals surface area contributed by atoms with E-state index in [-0.39, 0.29) is 6.04 Å². The van der Waals surface area contributed by atoms with Gasteiger partial charge >= 0.3 is 0 Å². The molecular formula is C14H29N3O3S. The quantitative estimate of drug-likeness (QED) is 0.749. The number of hydrogen-bond donors (Lipinski definition) is 1. The van der Waals surface area contributed by atoms with Gasteiger partial charge in [-0.05, 0) is 38.1 Å².